The Morgan fingerprint density at radius 1 is 0.833 bits per heavy atom. The van der Waals surface area contributed by atoms with E-state index in [0.29, 0.717) is 0 Å². The van der Waals surface area contributed by atoms with E-state index >= 15 is 0 Å². The molecule has 0 saturated heterocycles. The fourth-order valence-corrected chi connectivity index (χ4v) is 1.58. The molecule has 9 nitrogen and oxygen atoms in total. The first-order valence-corrected chi connectivity index (χ1v) is 9.45. The first kappa shape index (κ1) is 25.2. The van der Waals surface area contributed by atoms with Gasteiger partial charge in [-0.15, -0.1) is 0 Å². The highest BCUT2D eigenvalue weighted by Gasteiger charge is 2.09. The Balaban J connectivity index is 0. The number of carbonyl (C=O) groups excluding carboxylic acids is 2. The maximum atomic E-state index is 11.3. The fraction of sp³-hybridized carbons (Fsp3) is 0.857. The van der Waals surface area contributed by atoms with E-state index in [1.807, 2.05) is 0 Å². The van der Waals surface area contributed by atoms with Gasteiger partial charge in [0.1, 0.15) is 0 Å². The molecule has 0 aliphatic rings. The lowest BCUT2D eigenvalue weighted by atomic mass is 10.2. The van der Waals surface area contributed by atoms with Gasteiger partial charge < -0.3 is 15.4 Å². The molecule has 0 amide bonds. The minimum absolute atomic E-state index is 0.102. The van der Waals surface area contributed by atoms with E-state index in [4.69, 9.17) is 17.5 Å². The molecule has 0 fully saturated rings. The highest BCUT2D eigenvalue weighted by molar-refractivity contribution is 7.79. The smallest absolute Gasteiger partial charge is 0.391 e. The van der Waals surface area contributed by atoms with E-state index in [0.717, 1.165) is 51.6 Å². The van der Waals surface area contributed by atoms with Gasteiger partial charge in [0.25, 0.3) is 0 Å². The first-order chi connectivity index (χ1) is 11.2. The molecule has 4 N–H and O–H groups in total. The van der Waals surface area contributed by atoms with Crippen LogP contribution in [0.15, 0.2) is 0 Å². The molecule has 0 aliphatic heterocycles. The van der Waals surface area contributed by atoms with Crippen molar-refractivity contribution >= 4 is 22.3 Å². The third kappa shape index (κ3) is 29.0. The van der Waals surface area contributed by atoms with Crippen molar-refractivity contribution in [3.8, 4) is 0 Å². The number of ether oxygens (including phenoxy) is 1. The molecule has 0 aromatic carbocycles. The van der Waals surface area contributed by atoms with Crippen LogP contribution in [0.2, 0.25) is 0 Å². The Labute approximate surface area is 144 Å². The number of unbranched alkanes of at least 4 members (excludes halogenated alkanes) is 4. The third-order valence-electron chi connectivity index (χ3n) is 2.68. The average molecular weight is 370 g/mol. The summed E-state index contributed by atoms with van der Waals surface area (Å²) in [6.07, 6.45) is 6.65. The van der Waals surface area contributed by atoms with Crippen LogP contribution < -0.4 is 10.6 Å². The number of esters is 2. The van der Waals surface area contributed by atoms with Crippen LogP contribution in [0, 0.1) is 0 Å². The molecule has 10 heteroatoms. The zero-order valence-corrected chi connectivity index (χ0v) is 15.2. The van der Waals surface area contributed by atoms with Gasteiger partial charge in [-0.2, -0.15) is 8.42 Å². The predicted octanol–water partition coefficient (Wildman–Crippen LogP) is 0.963. The standard InChI is InChI=1S/C14H28N2O3.H2O4S/c1-3-5-7-9-15-11-13(17)19-14(18)12-16-10-8-6-4-2;1-5(2,3)4/h15-16H,3-12H2,1-2H3;(H2,1,2,3,4). The van der Waals surface area contributed by atoms with Crippen molar-refractivity contribution in [2.45, 2.75) is 52.4 Å². The Morgan fingerprint density at radius 3 is 1.46 bits per heavy atom. The van der Waals surface area contributed by atoms with Crippen LogP contribution in [0.5, 0.6) is 0 Å². The van der Waals surface area contributed by atoms with Gasteiger partial charge in [-0.25, -0.2) is 0 Å². The molecular formula is C14H30N2O7S. The van der Waals surface area contributed by atoms with Crippen molar-refractivity contribution in [2.75, 3.05) is 26.2 Å². The molecule has 0 aromatic heterocycles. The SMILES string of the molecule is CCCCCNCC(=O)OC(=O)CNCCCCC.O=S(=O)(O)O. The molecule has 0 saturated carbocycles. The maximum absolute atomic E-state index is 11.3. The van der Waals surface area contributed by atoms with Crippen molar-refractivity contribution < 1.29 is 31.8 Å². The Kier molecular flexibility index (Phi) is 17.6. The summed E-state index contributed by atoms with van der Waals surface area (Å²) in [6.45, 7) is 6.02. The summed E-state index contributed by atoms with van der Waals surface area (Å²) in [4.78, 5) is 22.6. The van der Waals surface area contributed by atoms with Crippen molar-refractivity contribution in [1.82, 2.24) is 10.6 Å². The largest absolute Gasteiger partial charge is 0.394 e. The molecule has 0 atom stereocenters. The monoisotopic (exact) mass is 370 g/mol. The van der Waals surface area contributed by atoms with Crippen molar-refractivity contribution in [1.29, 1.82) is 0 Å². The molecule has 144 valence electrons. The van der Waals surface area contributed by atoms with Crippen LogP contribution in [0.25, 0.3) is 0 Å². The van der Waals surface area contributed by atoms with Crippen LogP contribution in [0.3, 0.4) is 0 Å². The Morgan fingerprint density at radius 2 is 1.17 bits per heavy atom. The Hall–Kier alpha value is -1.07. The molecular weight excluding hydrogens is 340 g/mol. The summed E-state index contributed by atoms with van der Waals surface area (Å²) in [5.74, 6) is -1.01. The van der Waals surface area contributed by atoms with Crippen molar-refractivity contribution in [3.63, 3.8) is 0 Å². The van der Waals surface area contributed by atoms with Crippen molar-refractivity contribution in [3.05, 3.63) is 0 Å². The zero-order valence-electron chi connectivity index (χ0n) is 14.4. The molecule has 0 aromatic rings. The van der Waals surface area contributed by atoms with Gasteiger partial charge in [0.15, 0.2) is 0 Å². The summed E-state index contributed by atoms with van der Waals surface area (Å²) >= 11 is 0. The van der Waals surface area contributed by atoms with E-state index in [9.17, 15) is 9.59 Å². The highest BCUT2D eigenvalue weighted by Crippen LogP contribution is 1.92. The second-order valence-corrected chi connectivity index (χ2v) is 5.96. The first-order valence-electron chi connectivity index (χ1n) is 8.05. The molecule has 0 heterocycles. The van der Waals surface area contributed by atoms with E-state index in [1.165, 1.54) is 0 Å². The van der Waals surface area contributed by atoms with Gasteiger partial charge in [0.2, 0.25) is 0 Å². The normalized spacial score (nSPS) is 10.7. The van der Waals surface area contributed by atoms with Gasteiger partial charge in [-0.05, 0) is 25.9 Å². The van der Waals surface area contributed by atoms with Gasteiger partial charge >= 0.3 is 22.3 Å². The van der Waals surface area contributed by atoms with Crippen molar-refractivity contribution in [2.24, 2.45) is 0 Å². The van der Waals surface area contributed by atoms with E-state index in [1.54, 1.807) is 0 Å². The molecule has 24 heavy (non-hydrogen) atoms. The lowest BCUT2D eigenvalue weighted by Gasteiger charge is -2.05. The van der Waals surface area contributed by atoms with Gasteiger partial charge in [0.05, 0.1) is 13.1 Å². The molecule has 0 rings (SSSR count). The zero-order chi connectivity index (χ0) is 18.8. The Bertz CT molecular complexity index is 395. The van der Waals surface area contributed by atoms with Gasteiger partial charge in [-0.1, -0.05) is 39.5 Å². The van der Waals surface area contributed by atoms with Crippen LogP contribution in [0.4, 0.5) is 0 Å². The third-order valence-corrected chi connectivity index (χ3v) is 2.68. The minimum Gasteiger partial charge on any atom is -0.391 e. The predicted molar refractivity (Wildman–Crippen MR) is 90.1 cm³/mol. The fourth-order valence-electron chi connectivity index (χ4n) is 1.58. The summed E-state index contributed by atoms with van der Waals surface area (Å²) in [5, 5.41) is 5.92. The molecule has 0 aliphatic carbocycles. The highest BCUT2D eigenvalue weighted by atomic mass is 32.3. The van der Waals surface area contributed by atoms with Gasteiger partial charge in [0, 0.05) is 0 Å². The molecule has 0 unspecified atom stereocenters. The van der Waals surface area contributed by atoms with E-state index in [-0.39, 0.29) is 13.1 Å². The van der Waals surface area contributed by atoms with Crippen LogP contribution >= 0.6 is 0 Å². The number of rotatable bonds is 12. The van der Waals surface area contributed by atoms with Crippen LogP contribution in [-0.2, 0) is 24.7 Å². The summed E-state index contributed by atoms with van der Waals surface area (Å²) < 4.78 is 36.2. The summed E-state index contributed by atoms with van der Waals surface area (Å²) in [7, 11) is -4.67. The second kappa shape index (κ2) is 16.8. The minimum atomic E-state index is -4.67. The molecule has 0 radical (unpaired) electrons. The number of hydrogen-bond acceptors (Lipinski definition) is 7. The maximum Gasteiger partial charge on any atom is 0.394 e. The number of hydrogen-bond donors (Lipinski definition) is 4. The van der Waals surface area contributed by atoms with Crippen LogP contribution in [-0.4, -0.2) is 55.6 Å². The molecule has 0 spiro atoms. The lowest BCUT2D eigenvalue weighted by Crippen LogP contribution is -2.31. The topological polar surface area (TPSA) is 142 Å². The van der Waals surface area contributed by atoms with Gasteiger partial charge in [-0.3, -0.25) is 18.7 Å². The number of carbonyl (C=O) groups is 2. The summed E-state index contributed by atoms with van der Waals surface area (Å²) in [5.41, 5.74) is 0. The lowest BCUT2D eigenvalue weighted by molar-refractivity contribution is -0.158. The van der Waals surface area contributed by atoms with E-state index in [2.05, 4.69) is 29.2 Å². The van der Waals surface area contributed by atoms with E-state index < -0.39 is 22.3 Å². The summed E-state index contributed by atoms with van der Waals surface area (Å²) in [6, 6.07) is 0. The van der Waals surface area contributed by atoms with Crippen LogP contribution in [0.1, 0.15) is 52.4 Å². The second-order valence-electron chi connectivity index (χ2n) is 5.06. The average Bonchev–Trinajstić information content (AvgIpc) is 2.45. The quantitative estimate of drug-likeness (QED) is 0.171. The number of nitrogens with one attached hydrogen (secondary N) is 2. The molecule has 0 bridgehead atoms.